The fraction of sp³-hybridized carbons (Fsp3) is 0.714. The number of hydrogen-bond donors (Lipinski definition) is 4. The van der Waals surface area contributed by atoms with E-state index in [9.17, 15) is 9.59 Å². The molecule has 0 aliphatic rings. The van der Waals surface area contributed by atoms with Crippen LogP contribution in [0.4, 0.5) is 0 Å². The molecular formula is C7H15N3O3. The summed E-state index contributed by atoms with van der Waals surface area (Å²) in [4.78, 5) is 22.0. The zero-order valence-corrected chi connectivity index (χ0v) is 7.70. The third-order valence-electron chi connectivity index (χ3n) is 1.48. The predicted molar refractivity (Wildman–Crippen MR) is 46.7 cm³/mol. The van der Waals surface area contributed by atoms with Crippen molar-refractivity contribution in [2.45, 2.75) is 19.0 Å². The Morgan fingerprint density at radius 2 is 2.00 bits per heavy atom. The van der Waals surface area contributed by atoms with Crippen LogP contribution in [0.25, 0.3) is 0 Å². The first-order valence-electron chi connectivity index (χ1n) is 3.91. The third-order valence-corrected chi connectivity index (χ3v) is 1.48. The van der Waals surface area contributed by atoms with E-state index in [4.69, 9.17) is 10.8 Å². The van der Waals surface area contributed by atoms with Crippen molar-refractivity contribution >= 4 is 11.8 Å². The molecule has 0 aromatic rings. The standard InChI is InChI=1S/C7H15N3O3/c1-4(8)6(12)10-5(3-11)7(13)9-2/h4-5,11H,3,8H2,1-2H3,(H,9,13)(H,10,12). The Morgan fingerprint density at radius 3 is 2.31 bits per heavy atom. The molecular weight excluding hydrogens is 174 g/mol. The molecule has 0 rings (SSSR count). The highest BCUT2D eigenvalue weighted by Crippen LogP contribution is 1.84. The summed E-state index contributed by atoms with van der Waals surface area (Å²) in [5, 5.41) is 13.3. The molecule has 2 atom stereocenters. The van der Waals surface area contributed by atoms with Crippen molar-refractivity contribution in [2.24, 2.45) is 5.73 Å². The summed E-state index contributed by atoms with van der Waals surface area (Å²) in [6.07, 6.45) is 0. The van der Waals surface area contributed by atoms with Crippen molar-refractivity contribution in [3.8, 4) is 0 Å². The maximum absolute atomic E-state index is 11.0. The van der Waals surface area contributed by atoms with Crippen LogP contribution in [0.5, 0.6) is 0 Å². The molecule has 13 heavy (non-hydrogen) atoms. The second kappa shape index (κ2) is 5.50. The molecule has 0 aromatic heterocycles. The Kier molecular flexibility index (Phi) is 5.01. The molecule has 5 N–H and O–H groups in total. The summed E-state index contributed by atoms with van der Waals surface area (Å²) in [6.45, 7) is 1.05. The first kappa shape index (κ1) is 11.9. The number of nitrogens with two attached hydrogens (primary N) is 1. The van der Waals surface area contributed by atoms with Crippen LogP contribution in [0, 0.1) is 0 Å². The van der Waals surface area contributed by atoms with E-state index in [0.717, 1.165) is 0 Å². The summed E-state index contributed by atoms with van der Waals surface area (Å²) < 4.78 is 0. The normalized spacial score (nSPS) is 14.5. The van der Waals surface area contributed by atoms with E-state index in [1.165, 1.54) is 14.0 Å². The second-order valence-electron chi connectivity index (χ2n) is 2.65. The maximum Gasteiger partial charge on any atom is 0.244 e. The Hall–Kier alpha value is -1.14. The van der Waals surface area contributed by atoms with Gasteiger partial charge in [0, 0.05) is 7.05 Å². The molecule has 2 amide bonds. The molecule has 0 saturated heterocycles. The van der Waals surface area contributed by atoms with Gasteiger partial charge in [0.05, 0.1) is 12.6 Å². The van der Waals surface area contributed by atoms with E-state index in [1.54, 1.807) is 0 Å². The average molecular weight is 189 g/mol. The highest BCUT2D eigenvalue weighted by Gasteiger charge is 2.19. The smallest absolute Gasteiger partial charge is 0.244 e. The van der Waals surface area contributed by atoms with Crippen molar-refractivity contribution in [1.82, 2.24) is 10.6 Å². The number of nitrogens with one attached hydrogen (secondary N) is 2. The number of aliphatic hydroxyl groups is 1. The van der Waals surface area contributed by atoms with Gasteiger partial charge in [0.15, 0.2) is 0 Å². The number of hydrogen-bond acceptors (Lipinski definition) is 4. The van der Waals surface area contributed by atoms with E-state index in [2.05, 4.69) is 10.6 Å². The topological polar surface area (TPSA) is 104 Å². The van der Waals surface area contributed by atoms with Gasteiger partial charge >= 0.3 is 0 Å². The molecule has 0 spiro atoms. The summed E-state index contributed by atoms with van der Waals surface area (Å²) in [5.41, 5.74) is 5.26. The van der Waals surface area contributed by atoms with E-state index in [0.29, 0.717) is 0 Å². The van der Waals surface area contributed by atoms with E-state index < -0.39 is 30.5 Å². The Labute approximate surface area is 76.5 Å². The maximum atomic E-state index is 11.0. The minimum Gasteiger partial charge on any atom is -0.394 e. The molecule has 0 heterocycles. The molecule has 6 nitrogen and oxygen atoms in total. The SMILES string of the molecule is CNC(=O)C(CO)NC(=O)C(C)N. The Morgan fingerprint density at radius 1 is 1.46 bits per heavy atom. The van der Waals surface area contributed by atoms with Crippen LogP contribution in [-0.4, -0.2) is 42.7 Å². The van der Waals surface area contributed by atoms with Crippen molar-refractivity contribution in [1.29, 1.82) is 0 Å². The molecule has 76 valence electrons. The van der Waals surface area contributed by atoms with Crippen LogP contribution in [-0.2, 0) is 9.59 Å². The van der Waals surface area contributed by atoms with Crippen molar-refractivity contribution in [3.05, 3.63) is 0 Å². The van der Waals surface area contributed by atoms with E-state index in [-0.39, 0.29) is 0 Å². The largest absolute Gasteiger partial charge is 0.394 e. The van der Waals surface area contributed by atoms with Crippen LogP contribution in [0.15, 0.2) is 0 Å². The van der Waals surface area contributed by atoms with Gasteiger partial charge < -0.3 is 21.5 Å². The number of likely N-dealkylation sites (N-methyl/N-ethyl adjacent to an activating group) is 1. The number of aliphatic hydroxyl groups excluding tert-OH is 1. The molecule has 0 saturated carbocycles. The van der Waals surface area contributed by atoms with Gasteiger partial charge in [-0.1, -0.05) is 0 Å². The zero-order valence-electron chi connectivity index (χ0n) is 7.70. The Bertz CT molecular complexity index is 193. The number of carbonyl (C=O) groups is 2. The van der Waals surface area contributed by atoms with Crippen LogP contribution in [0.2, 0.25) is 0 Å². The average Bonchev–Trinajstić information content (AvgIpc) is 2.12. The van der Waals surface area contributed by atoms with Crippen molar-refractivity contribution in [2.75, 3.05) is 13.7 Å². The minimum atomic E-state index is -0.927. The molecule has 0 radical (unpaired) electrons. The molecule has 0 aromatic carbocycles. The van der Waals surface area contributed by atoms with Crippen LogP contribution in [0.3, 0.4) is 0 Å². The van der Waals surface area contributed by atoms with E-state index >= 15 is 0 Å². The van der Waals surface area contributed by atoms with Crippen LogP contribution < -0.4 is 16.4 Å². The monoisotopic (exact) mass is 189 g/mol. The number of rotatable bonds is 4. The van der Waals surface area contributed by atoms with Crippen LogP contribution in [0.1, 0.15) is 6.92 Å². The Balaban J connectivity index is 4.13. The molecule has 0 aliphatic carbocycles. The highest BCUT2D eigenvalue weighted by atomic mass is 16.3. The lowest BCUT2D eigenvalue weighted by Gasteiger charge is -2.15. The van der Waals surface area contributed by atoms with Crippen molar-refractivity contribution in [3.63, 3.8) is 0 Å². The highest BCUT2D eigenvalue weighted by molar-refractivity contribution is 5.89. The molecule has 0 aliphatic heterocycles. The fourth-order valence-electron chi connectivity index (χ4n) is 0.672. The van der Waals surface area contributed by atoms with Gasteiger partial charge in [0.2, 0.25) is 11.8 Å². The van der Waals surface area contributed by atoms with Gasteiger partial charge in [-0.2, -0.15) is 0 Å². The van der Waals surface area contributed by atoms with E-state index in [1.807, 2.05) is 0 Å². The van der Waals surface area contributed by atoms with Gasteiger partial charge in [-0.05, 0) is 6.92 Å². The lowest BCUT2D eigenvalue weighted by atomic mass is 10.2. The first-order valence-corrected chi connectivity index (χ1v) is 3.91. The molecule has 6 heteroatoms. The van der Waals surface area contributed by atoms with Gasteiger partial charge in [-0.25, -0.2) is 0 Å². The number of amides is 2. The molecule has 2 unspecified atom stereocenters. The molecule has 0 fully saturated rings. The summed E-state index contributed by atoms with van der Waals surface area (Å²) in [6, 6.07) is -1.62. The van der Waals surface area contributed by atoms with Gasteiger partial charge in [-0.3, -0.25) is 9.59 Å². The third kappa shape index (κ3) is 3.86. The lowest BCUT2D eigenvalue weighted by molar-refractivity contribution is -0.130. The summed E-state index contributed by atoms with van der Waals surface area (Å²) in [7, 11) is 1.42. The first-order chi connectivity index (χ1) is 6.02. The number of carbonyl (C=O) groups excluding carboxylic acids is 2. The van der Waals surface area contributed by atoms with Crippen LogP contribution >= 0.6 is 0 Å². The lowest BCUT2D eigenvalue weighted by Crippen LogP contribution is -2.51. The summed E-state index contributed by atoms with van der Waals surface area (Å²) >= 11 is 0. The summed E-state index contributed by atoms with van der Waals surface area (Å²) in [5.74, 6) is -0.917. The fourth-order valence-corrected chi connectivity index (χ4v) is 0.672. The van der Waals surface area contributed by atoms with Crippen molar-refractivity contribution < 1.29 is 14.7 Å². The van der Waals surface area contributed by atoms with Gasteiger partial charge in [-0.15, -0.1) is 0 Å². The minimum absolute atomic E-state index is 0.446. The quantitative estimate of drug-likeness (QED) is 0.394. The predicted octanol–water partition coefficient (Wildman–Crippen LogP) is -2.44. The zero-order chi connectivity index (χ0) is 10.4. The molecule has 0 bridgehead atoms. The van der Waals surface area contributed by atoms with Gasteiger partial charge in [0.1, 0.15) is 6.04 Å². The second-order valence-corrected chi connectivity index (χ2v) is 2.65. The van der Waals surface area contributed by atoms with Gasteiger partial charge in [0.25, 0.3) is 0 Å².